The summed E-state index contributed by atoms with van der Waals surface area (Å²) in [7, 11) is 3.31. The van der Waals surface area contributed by atoms with E-state index in [-0.39, 0.29) is 5.06 Å². The van der Waals surface area contributed by atoms with E-state index in [4.69, 9.17) is 9.47 Å². The number of hydrogen-bond acceptors (Lipinski definition) is 4. The van der Waals surface area contributed by atoms with Crippen LogP contribution in [0.4, 0.5) is 22.7 Å². The second kappa shape index (κ2) is 8.55. The largest absolute Gasteiger partial charge is 0.628 e. The lowest BCUT2D eigenvalue weighted by molar-refractivity contribution is -0.832. The molecule has 0 bridgehead atoms. The van der Waals surface area contributed by atoms with Crippen LogP contribution in [0, 0.1) is 5.21 Å². The highest BCUT2D eigenvalue weighted by Gasteiger charge is 2.21. The van der Waals surface area contributed by atoms with Crippen LogP contribution >= 0.6 is 0 Å². The van der Waals surface area contributed by atoms with E-state index in [1.54, 1.807) is 14.2 Å². The highest BCUT2D eigenvalue weighted by molar-refractivity contribution is 5.77. The Balaban J connectivity index is 2.02. The average molecular weight is 392 g/mol. The van der Waals surface area contributed by atoms with Crippen molar-refractivity contribution in [3.63, 3.8) is 0 Å². The smallest absolute Gasteiger partial charge is 0.131 e. The summed E-state index contributed by atoms with van der Waals surface area (Å²) in [6, 6.07) is 23.5. The molecule has 0 aliphatic carbocycles. The van der Waals surface area contributed by atoms with Gasteiger partial charge in [-0.2, -0.15) is 0 Å². The van der Waals surface area contributed by atoms with Gasteiger partial charge in [0.2, 0.25) is 0 Å². The van der Waals surface area contributed by atoms with E-state index in [0.29, 0.717) is 5.69 Å². The second-order valence-electron chi connectivity index (χ2n) is 7.86. The molecule has 1 atom stereocenters. The first-order valence-electron chi connectivity index (χ1n) is 9.56. The van der Waals surface area contributed by atoms with Crippen LogP contribution in [-0.4, -0.2) is 19.8 Å². The molecule has 0 saturated carbocycles. The molecule has 0 radical (unpaired) electrons. The quantitative estimate of drug-likeness (QED) is 0.601. The Kier molecular flexibility index (Phi) is 6.11. The van der Waals surface area contributed by atoms with Gasteiger partial charge in [0.15, 0.2) is 0 Å². The molecule has 5 nitrogen and oxygen atoms in total. The molecule has 3 aromatic rings. The first-order valence-corrected chi connectivity index (χ1v) is 9.56. The summed E-state index contributed by atoms with van der Waals surface area (Å²) >= 11 is 0. The standard InChI is InChI=1S/C24H28N2O3/c1-24(2,3)26(27)21-8-6-18(7-9-21)25(19-10-14-22(28-4)15-11-19)20-12-16-23(29-5)17-13-20/h6-17,26H,1-5H3. The molecular weight excluding hydrogens is 364 g/mol. The van der Waals surface area contributed by atoms with Crippen molar-refractivity contribution in [2.75, 3.05) is 19.1 Å². The third-order valence-electron chi connectivity index (χ3n) is 4.73. The van der Waals surface area contributed by atoms with Gasteiger partial charge < -0.3 is 24.6 Å². The molecule has 0 aliphatic rings. The summed E-state index contributed by atoms with van der Waals surface area (Å²) in [6.07, 6.45) is 0. The normalized spacial score (nSPS) is 12.3. The fourth-order valence-corrected chi connectivity index (χ4v) is 3.10. The predicted molar refractivity (Wildman–Crippen MR) is 118 cm³/mol. The predicted octanol–water partition coefficient (Wildman–Crippen LogP) is 4.99. The summed E-state index contributed by atoms with van der Waals surface area (Å²) in [5.74, 6) is 1.60. The number of anilines is 3. The molecule has 0 aliphatic heterocycles. The summed E-state index contributed by atoms with van der Waals surface area (Å²) in [6.45, 7) is 5.80. The minimum atomic E-state index is -0.410. The zero-order chi connectivity index (χ0) is 21.0. The van der Waals surface area contributed by atoms with Crippen LogP contribution in [0.3, 0.4) is 0 Å². The van der Waals surface area contributed by atoms with Crippen LogP contribution in [0.15, 0.2) is 72.8 Å². The number of quaternary nitrogens is 1. The van der Waals surface area contributed by atoms with Crippen molar-refractivity contribution in [1.29, 1.82) is 0 Å². The maximum absolute atomic E-state index is 12.6. The van der Waals surface area contributed by atoms with Gasteiger partial charge in [-0.15, -0.1) is 0 Å². The number of hydrogen-bond donors (Lipinski definition) is 1. The molecule has 0 fully saturated rings. The maximum Gasteiger partial charge on any atom is 0.131 e. The topological polar surface area (TPSA) is 49.2 Å². The third-order valence-corrected chi connectivity index (χ3v) is 4.73. The first-order chi connectivity index (χ1) is 13.8. The van der Waals surface area contributed by atoms with Crippen LogP contribution in [-0.2, 0) is 0 Å². The molecule has 0 heterocycles. The molecule has 152 valence electrons. The molecule has 0 aromatic heterocycles. The minimum Gasteiger partial charge on any atom is -0.628 e. The van der Waals surface area contributed by atoms with Crippen molar-refractivity contribution in [2.24, 2.45) is 0 Å². The SMILES string of the molecule is COc1ccc(N(c2ccc(OC)cc2)c2ccc([NH+]([O-])C(C)(C)C)cc2)cc1. The monoisotopic (exact) mass is 392 g/mol. The molecule has 0 saturated heterocycles. The van der Waals surface area contributed by atoms with Crippen molar-refractivity contribution < 1.29 is 14.5 Å². The Morgan fingerprint density at radius 1 is 0.655 bits per heavy atom. The maximum atomic E-state index is 12.6. The van der Waals surface area contributed by atoms with Crippen LogP contribution < -0.4 is 19.4 Å². The van der Waals surface area contributed by atoms with E-state index in [1.165, 1.54) is 0 Å². The first kappa shape index (κ1) is 20.7. The lowest BCUT2D eigenvalue weighted by Crippen LogP contribution is -3.10. The van der Waals surface area contributed by atoms with Crippen molar-refractivity contribution in [1.82, 2.24) is 0 Å². The Labute approximate surface area is 172 Å². The molecule has 0 spiro atoms. The highest BCUT2D eigenvalue weighted by Crippen LogP contribution is 2.36. The Morgan fingerprint density at radius 2 is 1.00 bits per heavy atom. The van der Waals surface area contributed by atoms with Crippen molar-refractivity contribution >= 4 is 22.7 Å². The minimum absolute atomic E-state index is 0.129. The number of hydroxylamine groups is 1. The number of benzene rings is 3. The fourth-order valence-electron chi connectivity index (χ4n) is 3.10. The summed E-state index contributed by atoms with van der Waals surface area (Å²) in [4.78, 5) is 2.13. The van der Waals surface area contributed by atoms with Crippen LogP contribution in [0.25, 0.3) is 0 Å². The lowest BCUT2D eigenvalue weighted by atomic mass is 10.1. The summed E-state index contributed by atoms with van der Waals surface area (Å²) < 4.78 is 10.6. The molecule has 3 rings (SSSR count). The van der Waals surface area contributed by atoms with Gasteiger partial charge in [-0.05, 0) is 81.4 Å². The van der Waals surface area contributed by atoms with E-state index < -0.39 is 5.54 Å². The Bertz CT molecular complexity index is 867. The van der Waals surface area contributed by atoms with Gasteiger partial charge in [-0.3, -0.25) is 0 Å². The van der Waals surface area contributed by atoms with Gasteiger partial charge in [0.1, 0.15) is 17.2 Å². The summed E-state index contributed by atoms with van der Waals surface area (Å²) in [5.41, 5.74) is 3.25. The summed E-state index contributed by atoms with van der Waals surface area (Å²) in [5, 5.41) is 12.7. The zero-order valence-electron chi connectivity index (χ0n) is 17.6. The zero-order valence-corrected chi connectivity index (χ0v) is 17.6. The number of nitrogens with one attached hydrogen (secondary N) is 1. The number of methoxy groups -OCH3 is 2. The van der Waals surface area contributed by atoms with E-state index in [0.717, 1.165) is 28.6 Å². The second-order valence-corrected chi connectivity index (χ2v) is 7.86. The number of ether oxygens (including phenoxy) is 2. The van der Waals surface area contributed by atoms with Gasteiger partial charge in [0, 0.05) is 29.2 Å². The molecule has 1 N–H and O–H groups in total. The molecule has 0 amide bonds. The molecule has 3 aromatic carbocycles. The van der Waals surface area contributed by atoms with E-state index in [2.05, 4.69) is 4.90 Å². The van der Waals surface area contributed by atoms with Crippen molar-refractivity contribution in [3.05, 3.63) is 78.0 Å². The number of nitrogens with zero attached hydrogens (tertiary/aromatic N) is 1. The van der Waals surface area contributed by atoms with Gasteiger partial charge >= 0.3 is 0 Å². The molecular formula is C24H28N2O3. The van der Waals surface area contributed by atoms with Crippen molar-refractivity contribution in [3.8, 4) is 11.5 Å². The van der Waals surface area contributed by atoms with Crippen LogP contribution in [0.5, 0.6) is 11.5 Å². The van der Waals surface area contributed by atoms with Crippen LogP contribution in [0.2, 0.25) is 0 Å². The van der Waals surface area contributed by atoms with Crippen LogP contribution in [0.1, 0.15) is 20.8 Å². The van der Waals surface area contributed by atoms with Gasteiger partial charge in [-0.1, -0.05) is 0 Å². The third kappa shape index (κ3) is 4.70. The Morgan fingerprint density at radius 3 is 1.31 bits per heavy atom. The fraction of sp³-hybridized carbons (Fsp3) is 0.250. The van der Waals surface area contributed by atoms with Gasteiger partial charge in [-0.25, -0.2) is 0 Å². The lowest BCUT2D eigenvalue weighted by Gasteiger charge is -2.35. The Hall–Kier alpha value is -3.02. The number of rotatable bonds is 6. The molecule has 5 heteroatoms. The van der Waals surface area contributed by atoms with E-state index in [1.807, 2.05) is 93.6 Å². The highest BCUT2D eigenvalue weighted by atomic mass is 16.5. The molecule has 29 heavy (non-hydrogen) atoms. The molecule has 1 unspecified atom stereocenters. The van der Waals surface area contributed by atoms with Gasteiger partial charge in [0.05, 0.1) is 19.8 Å². The van der Waals surface area contributed by atoms with E-state index in [9.17, 15) is 5.21 Å². The van der Waals surface area contributed by atoms with Crippen molar-refractivity contribution in [2.45, 2.75) is 26.3 Å². The average Bonchev–Trinajstić information content (AvgIpc) is 2.74. The van der Waals surface area contributed by atoms with Gasteiger partial charge in [0.25, 0.3) is 0 Å². The van der Waals surface area contributed by atoms with E-state index >= 15 is 0 Å².